The van der Waals surface area contributed by atoms with Gasteiger partial charge in [0, 0.05) is 6.54 Å². The van der Waals surface area contributed by atoms with E-state index in [-0.39, 0.29) is 0 Å². The quantitative estimate of drug-likeness (QED) is 0.938. The molecule has 0 amide bonds. The Balaban J connectivity index is 2.19. The molecule has 0 unspecified atom stereocenters. The number of nitriles is 1. The number of nitrogens with one attached hydrogen (secondary N) is 1. The molecular formula is C14H14ClFN4. The lowest BCUT2D eigenvalue weighted by molar-refractivity contribution is 0.616. The summed E-state index contributed by atoms with van der Waals surface area (Å²) in [6.07, 6.45) is 0. The Labute approximate surface area is 121 Å². The van der Waals surface area contributed by atoms with Gasteiger partial charge < -0.3 is 5.32 Å². The molecule has 0 aliphatic heterocycles. The normalized spacial score (nSPS) is 10.3. The van der Waals surface area contributed by atoms with Crippen molar-refractivity contribution in [3.63, 3.8) is 0 Å². The Bertz CT molecular complexity index is 673. The largest absolute Gasteiger partial charge is 0.377 e. The number of hydrogen-bond acceptors (Lipinski definition) is 3. The summed E-state index contributed by atoms with van der Waals surface area (Å²) in [7, 11) is 0. The summed E-state index contributed by atoms with van der Waals surface area (Å²) in [6, 6.07) is 6.21. The topological polar surface area (TPSA) is 53.6 Å². The second-order valence-corrected chi connectivity index (χ2v) is 4.70. The van der Waals surface area contributed by atoms with Crippen LogP contribution >= 0.6 is 11.6 Å². The van der Waals surface area contributed by atoms with Crippen LogP contribution in [0.15, 0.2) is 18.2 Å². The van der Waals surface area contributed by atoms with Crippen molar-refractivity contribution in [1.82, 2.24) is 9.78 Å². The smallest absolute Gasteiger partial charge is 0.147 e. The van der Waals surface area contributed by atoms with Crippen molar-refractivity contribution < 1.29 is 4.39 Å². The molecule has 0 radical (unpaired) electrons. The first-order chi connectivity index (χ1) is 9.56. The highest BCUT2D eigenvalue weighted by atomic mass is 35.5. The van der Waals surface area contributed by atoms with Gasteiger partial charge in [0.15, 0.2) is 0 Å². The van der Waals surface area contributed by atoms with E-state index >= 15 is 0 Å². The first kappa shape index (κ1) is 14.4. The molecule has 2 rings (SSSR count). The van der Waals surface area contributed by atoms with Crippen LogP contribution in [-0.4, -0.2) is 9.78 Å². The molecule has 20 heavy (non-hydrogen) atoms. The van der Waals surface area contributed by atoms with Crippen molar-refractivity contribution in [2.45, 2.75) is 26.9 Å². The van der Waals surface area contributed by atoms with E-state index in [1.54, 1.807) is 16.8 Å². The van der Waals surface area contributed by atoms with Gasteiger partial charge in [0.25, 0.3) is 0 Å². The van der Waals surface area contributed by atoms with E-state index in [4.69, 9.17) is 16.9 Å². The van der Waals surface area contributed by atoms with E-state index in [1.165, 1.54) is 6.07 Å². The van der Waals surface area contributed by atoms with Crippen LogP contribution in [0.3, 0.4) is 0 Å². The molecule has 0 bridgehead atoms. The number of aryl methyl sites for hydroxylation is 2. The highest BCUT2D eigenvalue weighted by molar-refractivity contribution is 6.31. The third-order valence-corrected chi connectivity index (χ3v) is 3.49. The van der Waals surface area contributed by atoms with E-state index in [1.807, 2.05) is 19.9 Å². The van der Waals surface area contributed by atoms with Crippen molar-refractivity contribution in [3.8, 4) is 6.07 Å². The third-order valence-electron chi connectivity index (χ3n) is 3.00. The maximum absolute atomic E-state index is 13.8. The van der Waals surface area contributed by atoms with Gasteiger partial charge in [-0.15, -0.1) is 0 Å². The van der Waals surface area contributed by atoms with Crippen LogP contribution in [0.2, 0.25) is 5.02 Å². The molecule has 6 heteroatoms. The molecule has 0 fully saturated rings. The molecular weight excluding hydrogens is 279 g/mol. The van der Waals surface area contributed by atoms with E-state index in [2.05, 4.69) is 10.4 Å². The second kappa shape index (κ2) is 5.93. The Morgan fingerprint density at radius 2 is 2.25 bits per heavy atom. The summed E-state index contributed by atoms with van der Waals surface area (Å²) in [5, 5.41) is 16.6. The first-order valence-corrected chi connectivity index (χ1v) is 6.60. The minimum Gasteiger partial charge on any atom is -0.377 e. The molecule has 104 valence electrons. The van der Waals surface area contributed by atoms with Crippen LogP contribution in [0, 0.1) is 24.1 Å². The third kappa shape index (κ3) is 2.75. The van der Waals surface area contributed by atoms with E-state index in [0.29, 0.717) is 29.4 Å². The lowest BCUT2D eigenvalue weighted by atomic mass is 10.2. The van der Waals surface area contributed by atoms with Crippen LogP contribution in [0.25, 0.3) is 0 Å². The fourth-order valence-corrected chi connectivity index (χ4v) is 2.15. The SMILES string of the molecule is CCn1nc(C)c(Cl)c1CNc1ccc(C#N)cc1F. The molecule has 1 aromatic heterocycles. The summed E-state index contributed by atoms with van der Waals surface area (Å²) < 4.78 is 15.5. The Morgan fingerprint density at radius 1 is 1.50 bits per heavy atom. The van der Waals surface area contributed by atoms with Gasteiger partial charge >= 0.3 is 0 Å². The van der Waals surface area contributed by atoms with Crippen LogP contribution < -0.4 is 5.32 Å². The average molecular weight is 293 g/mol. The molecule has 2 aromatic rings. The number of anilines is 1. The molecule has 0 saturated carbocycles. The Hall–Kier alpha value is -2.06. The molecule has 1 heterocycles. The number of benzene rings is 1. The highest BCUT2D eigenvalue weighted by Crippen LogP contribution is 2.22. The number of aromatic nitrogens is 2. The number of nitrogens with zero attached hydrogens (tertiary/aromatic N) is 3. The van der Waals surface area contributed by atoms with Gasteiger partial charge in [0.2, 0.25) is 0 Å². The van der Waals surface area contributed by atoms with E-state index < -0.39 is 5.82 Å². The van der Waals surface area contributed by atoms with Gasteiger partial charge in [-0.1, -0.05) is 11.6 Å². The molecule has 4 nitrogen and oxygen atoms in total. The molecule has 0 atom stereocenters. The molecule has 0 saturated heterocycles. The monoisotopic (exact) mass is 292 g/mol. The maximum Gasteiger partial charge on any atom is 0.147 e. The zero-order valence-corrected chi connectivity index (χ0v) is 12.0. The Morgan fingerprint density at radius 3 is 2.85 bits per heavy atom. The minimum absolute atomic E-state index is 0.292. The van der Waals surface area contributed by atoms with Crippen molar-refractivity contribution in [3.05, 3.63) is 46.0 Å². The van der Waals surface area contributed by atoms with Gasteiger partial charge in [-0.2, -0.15) is 10.4 Å². The van der Waals surface area contributed by atoms with Crippen LogP contribution in [0.5, 0.6) is 0 Å². The number of rotatable bonds is 4. The maximum atomic E-state index is 13.8. The van der Waals surface area contributed by atoms with Crippen LogP contribution in [-0.2, 0) is 13.1 Å². The standard InChI is InChI=1S/C14H14ClFN4/c1-3-20-13(14(15)9(2)19-20)8-18-12-5-4-10(7-17)6-11(12)16/h4-6,18H,3,8H2,1-2H3. The zero-order chi connectivity index (χ0) is 14.7. The molecule has 1 aromatic carbocycles. The van der Waals surface area contributed by atoms with Gasteiger partial charge in [-0.25, -0.2) is 4.39 Å². The van der Waals surface area contributed by atoms with Crippen molar-refractivity contribution in [2.24, 2.45) is 0 Å². The summed E-state index contributed by atoms with van der Waals surface area (Å²) in [5.41, 5.74) is 2.20. The minimum atomic E-state index is -0.459. The van der Waals surface area contributed by atoms with Crippen LogP contribution in [0.4, 0.5) is 10.1 Å². The van der Waals surface area contributed by atoms with Crippen molar-refractivity contribution >= 4 is 17.3 Å². The van der Waals surface area contributed by atoms with E-state index in [9.17, 15) is 4.39 Å². The zero-order valence-electron chi connectivity index (χ0n) is 11.2. The fraction of sp³-hybridized carbons (Fsp3) is 0.286. The summed E-state index contributed by atoms with van der Waals surface area (Å²) in [5.74, 6) is -0.459. The molecule has 0 aliphatic carbocycles. The lowest BCUT2D eigenvalue weighted by Crippen LogP contribution is -2.09. The van der Waals surface area contributed by atoms with Crippen molar-refractivity contribution in [2.75, 3.05) is 5.32 Å². The number of halogens is 2. The second-order valence-electron chi connectivity index (χ2n) is 4.32. The first-order valence-electron chi connectivity index (χ1n) is 6.22. The predicted molar refractivity (Wildman–Crippen MR) is 76.1 cm³/mol. The van der Waals surface area contributed by atoms with E-state index in [0.717, 1.165) is 11.4 Å². The molecule has 1 N–H and O–H groups in total. The van der Waals surface area contributed by atoms with Gasteiger partial charge in [-0.3, -0.25) is 4.68 Å². The highest BCUT2D eigenvalue weighted by Gasteiger charge is 2.13. The van der Waals surface area contributed by atoms with Gasteiger partial charge in [0.05, 0.1) is 40.3 Å². The van der Waals surface area contributed by atoms with Gasteiger partial charge in [-0.05, 0) is 32.0 Å². The summed E-state index contributed by atoms with van der Waals surface area (Å²) >= 11 is 6.19. The predicted octanol–water partition coefficient (Wildman–Crippen LogP) is 3.49. The van der Waals surface area contributed by atoms with Gasteiger partial charge in [0.1, 0.15) is 5.82 Å². The lowest BCUT2D eigenvalue weighted by Gasteiger charge is -2.09. The molecule has 0 aliphatic rings. The Kier molecular flexibility index (Phi) is 4.26. The fourth-order valence-electron chi connectivity index (χ4n) is 1.94. The van der Waals surface area contributed by atoms with Crippen molar-refractivity contribution in [1.29, 1.82) is 5.26 Å². The summed E-state index contributed by atoms with van der Waals surface area (Å²) in [4.78, 5) is 0. The summed E-state index contributed by atoms with van der Waals surface area (Å²) in [6.45, 7) is 4.87. The number of hydrogen-bond donors (Lipinski definition) is 1. The van der Waals surface area contributed by atoms with Crippen LogP contribution in [0.1, 0.15) is 23.9 Å². The molecule has 0 spiro atoms. The average Bonchev–Trinajstić information content (AvgIpc) is 2.73.